The number of benzene rings is 2. The van der Waals surface area contributed by atoms with E-state index < -0.39 is 55.6 Å². The molecule has 0 amide bonds. The van der Waals surface area contributed by atoms with Crippen LogP contribution in [0, 0.1) is 0 Å². The Morgan fingerprint density at radius 1 is 1.03 bits per heavy atom. The molecule has 0 radical (unpaired) electrons. The van der Waals surface area contributed by atoms with E-state index in [2.05, 4.69) is 0 Å². The number of phenols is 2. The molecule has 11 heteroatoms. The summed E-state index contributed by atoms with van der Waals surface area (Å²) in [6.45, 7) is -0.713. The van der Waals surface area contributed by atoms with E-state index in [9.17, 15) is 30.6 Å². The molecule has 2 aliphatic heterocycles. The molecule has 0 aromatic heterocycles. The average molecular weight is 466 g/mol. The molecule has 0 saturated carbocycles. The fraction of sp³-hybridized carbons (Fsp3) is 0.455. The SMILES string of the molecule is COc1cc(O)c2c(c1)OC(c1ccc(O)cc1)C(O[C@H]1O[C@@H](C(O)CO)[C@@H](O)[C@@H]1O)C2O. The van der Waals surface area contributed by atoms with E-state index in [0.29, 0.717) is 11.3 Å². The van der Waals surface area contributed by atoms with Crippen LogP contribution in [0.25, 0.3) is 0 Å². The second kappa shape index (κ2) is 9.31. The van der Waals surface area contributed by atoms with Crippen molar-refractivity contribution in [2.45, 2.75) is 49.0 Å². The van der Waals surface area contributed by atoms with Crippen LogP contribution in [0.1, 0.15) is 23.3 Å². The number of aliphatic hydroxyl groups excluding tert-OH is 5. The molecule has 0 spiro atoms. The summed E-state index contributed by atoms with van der Waals surface area (Å²) in [5, 5.41) is 70.8. The number of hydrogen-bond acceptors (Lipinski definition) is 11. The highest BCUT2D eigenvalue weighted by Gasteiger charge is 2.50. The highest BCUT2D eigenvalue weighted by molar-refractivity contribution is 5.53. The molecule has 2 heterocycles. The summed E-state index contributed by atoms with van der Waals surface area (Å²) in [6, 6.07) is 8.71. The highest BCUT2D eigenvalue weighted by Crippen LogP contribution is 2.49. The number of methoxy groups -OCH3 is 1. The molecule has 4 rings (SSSR count). The minimum absolute atomic E-state index is 0.00536. The number of fused-ring (bicyclic) bond motifs is 1. The van der Waals surface area contributed by atoms with Crippen LogP contribution in [0.15, 0.2) is 36.4 Å². The maximum atomic E-state index is 11.1. The Morgan fingerprint density at radius 2 is 1.73 bits per heavy atom. The fourth-order valence-corrected chi connectivity index (χ4v) is 4.06. The van der Waals surface area contributed by atoms with Crippen molar-refractivity contribution in [2.24, 2.45) is 0 Å². The summed E-state index contributed by atoms with van der Waals surface area (Å²) in [7, 11) is 1.41. The van der Waals surface area contributed by atoms with Gasteiger partial charge in [0, 0.05) is 12.1 Å². The van der Waals surface area contributed by atoms with E-state index in [1.54, 1.807) is 12.1 Å². The van der Waals surface area contributed by atoms with Crippen LogP contribution in [0.5, 0.6) is 23.0 Å². The first-order valence-electron chi connectivity index (χ1n) is 10.3. The van der Waals surface area contributed by atoms with Gasteiger partial charge in [-0.25, -0.2) is 0 Å². The van der Waals surface area contributed by atoms with Crippen LogP contribution >= 0.6 is 0 Å². The van der Waals surface area contributed by atoms with Crippen molar-refractivity contribution in [3.63, 3.8) is 0 Å². The molecule has 0 bridgehead atoms. The maximum absolute atomic E-state index is 11.1. The van der Waals surface area contributed by atoms with Crippen LogP contribution in [-0.2, 0) is 9.47 Å². The standard InChI is InChI=1S/C22H26O11/c1-30-11-6-12(25)15-14(7-11)31-19(9-2-4-10(24)5-3-9)21(16(15)27)33-22-18(29)17(28)20(32-22)13(26)8-23/h2-7,13,16-29H,8H2,1H3/t13?,16?,17-,18-,19?,20-,21?,22+/m0/s1. The van der Waals surface area contributed by atoms with Gasteiger partial charge >= 0.3 is 0 Å². The van der Waals surface area contributed by atoms with E-state index in [-0.39, 0.29) is 22.8 Å². The summed E-state index contributed by atoms with van der Waals surface area (Å²) in [5.41, 5.74) is 0.514. The van der Waals surface area contributed by atoms with Crippen LogP contribution in [0.4, 0.5) is 0 Å². The molecule has 2 aromatic rings. The highest BCUT2D eigenvalue weighted by atomic mass is 16.7. The molecule has 180 valence electrons. The van der Waals surface area contributed by atoms with Gasteiger partial charge in [0.15, 0.2) is 12.4 Å². The van der Waals surface area contributed by atoms with Gasteiger partial charge in [0.05, 0.1) is 19.3 Å². The molecule has 1 fully saturated rings. The number of aliphatic hydroxyl groups is 5. The monoisotopic (exact) mass is 466 g/mol. The van der Waals surface area contributed by atoms with Crippen LogP contribution < -0.4 is 9.47 Å². The summed E-state index contributed by atoms with van der Waals surface area (Å²) >= 11 is 0. The topological polar surface area (TPSA) is 179 Å². The van der Waals surface area contributed by atoms with Crippen molar-refractivity contribution < 1.29 is 54.7 Å². The Hall–Kier alpha value is -2.64. The largest absolute Gasteiger partial charge is 0.508 e. The quantitative estimate of drug-likeness (QED) is 0.291. The van der Waals surface area contributed by atoms with E-state index in [0.717, 1.165) is 0 Å². The first kappa shape index (κ1) is 23.5. The molecule has 33 heavy (non-hydrogen) atoms. The van der Waals surface area contributed by atoms with Crippen molar-refractivity contribution in [1.82, 2.24) is 0 Å². The van der Waals surface area contributed by atoms with Crippen LogP contribution in [0.2, 0.25) is 0 Å². The van der Waals surface area contributed by atoms with E-state index in [1.807, 2.05) is 0 Å². The number of hydrogen-bond donors (Lipinski definition) is 7. The Morgan fingerprint density at radius 3 is 2.36 bits per heavy atom. The fourth-order valence-electron chi connectivity index (χ4n) is 4.06. The molecule has 8 atom stereocenters. The van der Waals surface area contributed by atoms with Crippen molar-refractivity contribution in [1.29, 1.82) is 0 Å². The normalized spacial score (nSPS) is 32.1. The lowest BCUT2D eigenvalue weighted by molar-refractivity contribution is -0.239. The lowest BCUT2D eigenvalue weighted by atomic mass is 9.91. The third-order valence-electron chi connectivity index (χ3n) is 5.82. The molecule has 1 saturated heterocycles. The van der Waals surface area contributed by atoms with Gasteiger partial charge in [-0.2, -0.15) is 0 Å². The van der Waals surface area contributed by atoms with Gasteiger partial charge in [-0.1, -0.05) is 12.1 Å². The molecular weight excluding hydrogens is 440 g/mol. The second-order valence-corrected chi connectivity index (χ2v) is 7.93. The van der Waals surface area contributed by atoms with Crippen molar-refractivity contribution in [2.75, 3.05) is 13.7 Å². The van der Waals surface area contributed by atoms with Gasteiger partial charge in [0.1, 0.15) is 59.6 Å². The molecule has 7 N–H and O–H groups in total. The number of aromatic hydroxyl groups is 2. The van der Waals surface area contributed by atoms with E-state index in [4.69, 9.17) is 24.1 Å². The van der Waals surface area contributed by atoms with Gasteiger partial charge in [0.25, 0.3) is 0 Å². The first-order valence-corrected chi connectivity index (χ1v) is 10.3. The molecular formula is C22H26O11. The average Bonchev–Trinajstić information content (AvgIpc) is 3.08. The lowest BCUT2D eigenvalue weighted by Gasteiger charge is -2.39. The zero-order valence-corrected chi connectivity index (χ0v) is 17.6. The molecule has 11 nitrogen and oxygen atoms in total. The molecule has 2 aromatic carbocycles. The van der Waals surface area contributed by atoms with Gasteiger partial charge in [-0.15, -0.1) is 0 Å². The number of rotatable bonds is 6. The summed E-state index contributed by atoms with van der Waals surface area (Å²) in [5.74, 6) is 0.126. The Bertz CT molecular complexity index is 966. The van der Waals surface area contributed by atoms with Gasteiger partial charge < -0.3 is 54.7 Å². The zero-order valence-electron chi connectivity index (χ0n) is 17.6. The first-order chi connectivity index (χ1) is 15.7. The Labute approximate surface area is 188 Å². The third kappa shape index (κ3) is 4.32. The predicted octanol–water partition coefficient (Wildman–Crippen LogP) is -0.541. The predicted molar refractivity (Wildman–Crippen MR) is 110 cm³/mol. The molecule has 0 aliphatic carbocycles. The van der Waals surface area contributed by atoms with Crippen molar-refractivity contribution in [3.05, 3.63) is 47.5 Å². The Kier molecular flexibility index (Phi) is 6.64. The summed E-state index contributed by atoms with van der Waals surface area (Å²) in [4.78, 5) is 0. The van der Waals surface area contributed by atoms with E-state index in [1.165, 1.54) is 31.4 Å². The van der Waals surface area contributed by atoms with Crippen molar-refractivity contribution in [3.8, 4) is 23.0 Å². The lowest BCUT2D eigenvalue weighted by Crippen LogP contribution is -2.43. The Balaban J connectivity index is 1.70. The van der Waals surface area contributed by atoms with Gasteiger partial charge in [0.2, 0.25) is 0 Å². The minimum Gasteiger partial charge on any atom is -0.508 e. The number of ether oxygens (including phenoxy) is 4. The summed E-state index contributed by atoms with van der Waals surface area (Å²) in [6.07, 6.45) is -11.2. The van der Waals surface area contributed by atoms with Crippen molar-refractivity contribution >= 4 is 0 Å². The number of phenolic OH excluding ortho intramolecular Hbond substituents is 2. The minimum atomic E-state index is -1.60. The maximum Gasteiger partial charge on any atom is 0.187 e. The smallest absolute Gasteiger partial charge is 0.187 e. The van der Waals surface area contributed by atoms with Gasteiger partial charge in [-0.05, 0) is 17.7 Å². The summed E-state index contributed by atoms with van der Waals surface area (Å²) < 4.78 is 22.4. The van der Waals surface area contributed by atoms with E-state index >= 15 is 0 Å². The molecule has 4 unspecified atom stereocenters. The van der Waals surface area contributed by atoms with Crippen LogP contribution in [-0.4, -0.2) is 86.3 Å². The molecule has 2 aliphatic rings. The second-order valence-electron chi connectivity index (χ2n) is 7.93. The van der Waals surface area contributed by atoms with Crippen LogP contribution in [0.3, 0.4) is 0 Å². The third-order valence-corrected chi connectivity index (χ3v) is 5.82. The zero-order chi connectivity index (χ0) is 23.9. The van der Waals surface area contributed by atoms with Gasteiger partial charge in [-0.3, -0.25) is 0 Å².